The van der Waals surface area contributed by atoms with Crippen LogP contribution in [0, 0.1) is 0 Å². The Morgan fingerprint density at radius 2 is 0.974 bits per heavy atom. The molecule has 2 heterocycles. The van der Waals surface area contributed by atoms with Gasteiger partial charge in [-0.25, -0.2) is 27.6 Å². The number of carbonyl (C=O) groups excluding carboxylic acids is 3. The topological polar surface area (TPSA) is 256 Å². The van der Waals surface area contributed by atoms with Gasteiger partial charge in [0.15, 0.2) is 0 Å². The molecule has 446 valence electrons. The van der Waals surface area contributed by atoms with Crippen molar-refractivity contribution in [2.24, 2.45) is 5.73 Å². The lowest BCUT2D eigenvalue weighted by molar-refractivity contribution is -0.149. The van der Waals surface area contributed by atoms with Crippen molar-refractivity contribution in [1.82, 2.24) is 10.2 Å². The van der Waals surface area contributed by atoms with E-state index in [1.807, 2.05) is 0 Å². The first-order valence-corrected chi connectivity index (χ1v) is 32.0. The molecule has 0 aromatic heterocycles. The molecule has 0 radical (unpaired) electrons. The van der Waals surface area contributed by atoms with Crippen LogP contribution in [0.25, 0.3) is 0 Å². The van der Waals surface area contributed by atoms with E-state index in [9.17, 15) is 36.9 Å². The van der Waals surface area contributed by atoms with E-state index < -0.39 is 74.3 Å². The number of hydrogen-bond donors (Lipinski definition) is 4. The van der Waals surface area contributed by atoms with Gasteiger partial charge < -0.3 is 48.1 Å². The summed E-state index contributed by atoms with van der Waals surface area (Å²) in [5, 5.41) is 13.6. The summed E-state index contributed by atoms with van der Waals surface area (Å²) in [7, 11) is -3.96. The maximum absolute atomic E-state index is 14.3. The average molecular weight is 1250 g/mol. The Morgan fingerprint density at radius 1 is 0.628 bits per heavy atom. The van der Waals surface area contributed by atoms with Crippen molar-refractivity contribution in [3.05, 3.63) is 91.0 Å². The number of carbonyl (C=O) groups is 3. The highest BCUT2D eigenvalue weighted by molar-refractivity contribution is 8.05. The van der Waals surface area contributed by atoms with Crippen molar-refractivity contribution in [1.29, 1.82) is 0 Å². The number of nitrogens with one attached hydrogen (secondary N) is 2. The summed E-state index contributed by atoms with van der Waals surface area (Å²) in [6.07, 6.45) is -5.50. The van der Waals surface area contributed by atoms with Gasteiger partial charge in [-0.2, -0.15) is 5.09 Å². The quantitative estimate of drug-likeness (QED) is 0.0466. The Hall–Kier alpha value is -3.10. The molecule has 0 bridgehead atoms. The number of aliphatic hydroxyl groups excluding tert-OH is 1. The molecule has 0 saturated carbocycles. The van der Waals surface area contributed by atoms with Crippen LogP contribution in [0.2, 0.25) is 0 Å². The first kappa shape index (κ1) is 74.9. The van der Waals surface area contributed by atoms with Crippen LogP contribution in [-0.4, -0.2) is 108 Å². The van der Waals surface area contributed by atoms with E-state index in [0.717, 1.165) is 0 Å². The second-order valence-electron chi connectivity index (χ2n) is 18.8. The zero-order valence-corrected chi connectivity index (χ0v) is 51.8. The number of ether oxygens (including phenoxy) is 5. The maximum Gasteiger partial charge on any atom is 0.459 e. The summed E-state index contributed by atoms with van der Waals surface area (Å²) >= 11 is 16.1. The highest BCUT2D eigenvalue weighted by Gasteiger charge is 2.45. The fraction of sp³-hybridized carbons (Fsp3) is 0.580. The summed E-state index contributed by atoms with van der Waals surface area (Å²) in [5.74, 6) is -0.396. The molecule has 11 atom stereocenters. The second kappa shape index (κ2) is 35.7. The second-order valence-corrected chi connectivity index (χ2v) is 27.4. The SMILES string of the molecule is CC(C)OC(=O)[C@H](C)N.CC(C)OC(=O)[C@H](C)NP(=O)(Cl)Oc1ccccc1.CC(C)OC(=O)[C@H](C)NP(=O)(OC[C@@H]1C[C@@](C)(F)[C@H](C)O1)Oc1ccccc1.C[C@@H]1O[C@H](CO)C[C@@]1(C)F.Cl.O=P(Cl)(Cl)Oc1ccccc1. The summed E-state index contributed by atoms with van der Waals surface area (Å²) in [6.45, 7) is 17.5. The maximum atomic E-state index is 14.3. The monoisotopic (exact) mass is 1250 g/mol. The van der Waals surface area contributed by atoms with Crippen LogP contribution in [0.1, 0.15) is 103 Å². The van der Waals surface area contributed by atoms with Crippen LogP contribution in [0.5, 0.6) is 17.2 Å². The lowest BCUT2D eigenvalue weighted by atomic mass is 10.00. The van der Waals surface area contributed by atoms with E-state index in [-0.39, 0.29) is 68.5 Å². The number of rotatable bonds is 20. The molecule has 3 aromatic carbocycles. The minimum absolute atomic E-state index is 0. The largest absolute Gasteiger partial charge is 0.462 e. The lowest BCUT2D eigenvalue weighted by Gasteiger charge is -2.24. The van der Waals surface area contributed by atoms with Gasteiger partial charge in [-0.15, -0.1) is 12.4 Å². The number of nitrogens with two attached hydrogens (primary N) is 1. The number of benzene rings is 3. The van der Waals surface area contributed by atoms with E-state index in [4.69, 9.17) is 81.8 Å². The van der Waals surface area contributed by atoms with E-state index in [0.29, 0.717) is 23.7 Å². The molecule has 2 unspecified atom stereocenters. The Balaban J connectivity index is 0.00000102. The summed E-state index contributed by atoms with van der Waals surface area (Å²) in [4.78, 5) is 34.3. The molecule has 0 spiro atoms. The molecule has 19 nitrogen and oxygen atoms in total. The third-order valence-electron chi connectivity index (χ3n) is 10.1. The van der Waals surface area contributed by atoms with Gasteiger partial charge in [-0.05, 0) is 126 Å². The van der Waals surface area contributed by atoms with Crippen LogP contribution in [0.4, 0.5) is 8.78 Å². The van der Waals surface area contributed by atoms with E-state index >= 15 is 0 Å². The van der Waals surface area contributed by atoms with Gasteiger partial charge in [0.25, 0.3) is 0 Å². The van der Waals surface area contributed by atoms with Crippen LogP contribution in [-0.2, 0) is 56.3 Å². The van der Waals surface area contributed by atoms with Gasteiger partial charge in [0, 0.05) is 46.6 Å². The normalized spacial score (nSPS) is 23.1. The van der Waals surface area contributed by atoms with Gasteiger partial charge in [0.1, 0.15) is 46.7 Å². The van der Waals surface area contributed by atoms with Gasteiger partial charge >= 0.3 is 38.6 Å². The van der Waals surface area contributed by atoms with Crippen molar-refractivity contribution in [3.63, 3.8) is 0 Å². The van der Waals surface area contributed by atoms with Crippen molar-refractivity contribution >= 4 is 84.7 Å². The highest BCUT2D eigenvalue weighted by atomic mass is 35.9. The Bertz CT molecular complexity index is 2350. The molecule has 2 saturated heterocycles. The first-order valence-electron chi connectivity index (χ1n) is 24.5. The Kier molecular flexibility index (Phi) is 34.3. The predicted octanol–water partition coefficient (Wildman–Crippen LogP) is 12.6. The number of para-hydroxylation sites is 3. The average Bonchev–Trinajstić information content (AvgIpc) is 3.74. The molecular formula is C50H78Cl4F2N3O16P3. The molecule has 5 rings (SSSR count). The smallest absolute Gasteiger partial charge is 0.459 e. The van der Waals surface area contributed by atoms with Gasteiger partial charge in [0.2, 0.25) is 0 Å². The first-order chi connectivity index (χ1) is 35.5. The Morgan fingerprint density at radius 3 is 1.28 bits per heavy atom. The molecule has 78 heavy (non-hydrogen) atoms. The number of hydrogen-bond acceptors (Lipinski definition) is 17. The number of halogens is 6. The van der Waals surface area contributed by atoms with E-state index in [1.54, 1.807) is 153 Å². The highest BCUT2D eigenvalue weighted by Crippen LogP contribution is 2.57. The summed E-state index contributed by atoms with van der Waals surface area (Å²) < 4.78 is 110. The van der Waals surface area contributed by atoms with Crippen molar-refractivity contribution in [3.8, 4) is 17.2 Å². The van der Waals surface area contributed by atoms with Crippen LogP contribution in [0.15, 0.2) is 91.0 Å². The molecule has 0 amide bonds. The van der Waals surface area contributed by atoms with Gasteiger partial charge in [-0.3, -0.25) is 18.9 Å². The fourth-order valence-electron chi connectivity index (χ4n) is 6.11. The summed E-state index contributed by atoms with van der Waals surface area (Å²) in [5.41, 5.74) is 2.47. The molecule has 2 aliphatic heterocycles. The zero-order chi connectivity index (χ0) is 59.0. The summed E-state index contributed by atoms with van der Waals surface area (Å²) in [6, 6.07) is 23.2. The minimum Gasteiger partial charge on any atom is -0.462 e. The molecule has 2 fully saturated rings. The third-order valence-corrected chi connectivity index (χ3v) is 14.2. The van der Waals surface area contributed by atoms with Gasteiger partial charge in [0.05, 0.1) is 55.9 Å². The number of aliphatic hydroxyl groups is 1. The molecule has 28 heteroatoms. The molecular weight excluding hydrogens is 1170 g/mol. The van der Waals surface area contributed by atoms with Crippen molar-refractivity contribution in [2.75, 3.05) is 13.2 Å². The van der Waals surface area contributed by atoms with Gasteiger partial charge in [-0.1, -0.05) is 54.6 Å². The van der Waals surface area contributed by atoms with E-state index in [1.165, 1.54) is 27.7 Å². The zero-order valence-electron chi connectivity index (χ0n) is 46.1. The van der Waals surface area contributed by atoms with Crippen molar-refractivity contribution < 1.29 is 83.7 Å². The third kappa shape index (κ3) is 32.4. The molecule has 0 aliphatic carbocycles. The van der Waals surface area contributed by atoms with Crippen LogP contribution >= 0.6 is 66.8 Å². The molecule has 2 aliphatic rings. The molecule has 3 aromatic rings. The number of esters is 3. The minimum atomic E-state index is -3.96. The number of alkyl halides is 2. The van der Waals surface area contributed by atoms with E-state index in [2.05, 4.69) is 14.7 Å². The van der Waals surface area contributed by atoms with Crippen LogP contribution < -0.4 is 29.5 Å². The fourth-order valence-corrected chi connectivity index (χ4v) is 10.2. The predicted molar refractivity (Wildman–Crippen MR) is 301 cm³/mol. The van der Waals surface area contributed by atoms with Crippen molar-refractivity contribution in [2.45, 2.75) is 175 Å². The Labute approximate surface area is 478 Å². The standard InChI is InChI=1S/C19H29FNO6P.C12H17ClNO4P.C7H13FO2.C6H5Cl2O2P.C6H13NO2.ClH/c1-13(2)25-18(22)14(3)21-28(23,27-16-9-7-6-8-10-16)24-12-17-11-19(5,20)15(4)26-17;1-9(2)17-12(15)10(3)14-19(13,16)18-11-7-5-4-6-8-11;1-5-7(2,8)3-6(4-9)10-5;7-11(8,9)10-6-4-2-1-3-5-6;1-4(2)9-6(8)5(3)7;/h6-10,13-15,17H,11-12H2,1-5H3,(H,21,23);4-10H,1-3H3,(H,14,16);5-6,9H,3-4H2,1-2H3;1-5H;4-5H,7H2,1-3H3;1H/t14-,15-,17-,19+,28?;10-,19?;5-,6-,7+;;5-;/m000.0./s1. The molecule has 5 N–H and O–H groups in total. The van der Waals surface area contributed by atoms with Crippen LogP contribution in [0.3, 0.4) is 0 Å². The lowest BCUT2D eigenvalue weighted by Crippen LogP contribution is -2.36.